The van der Waals surface area contributed by atoms with Crippen molar-refractivity contribution in [3.8, 4) is 0 Å². The number of likely N-dealkylation sites (tertiary alicyclic amines) is 1. The zero-order valence-corrected chi connectivity index (χ0v) is 16.2. The van der Waals surface area contributed by atoms with Crippen molar-refractivity contribution < 1.29 is 19.2 Å². The summed E-state index contributed by atoms with van der Waals surface area (Å²) in [6.45, 7) is 4.78. The number of piperidine rings is 1. The van der Waals surface area contributed by atoms with Crippen LogP contribution in [-0.2, 0) is 22.4 Å². The van der Waals surface area contributed by atoms with Gasteiger partial charge in [0.05, 0.1) is 39.0 Å². The second-order valence-corrected chi connectivity index (χ2v) is 8.68. The monoisotopic (exact) mass is 359 g/mol. The summed E-state index contributed by atoms with van der Waals surface area (Å²) in [5, 5.41) is 9.53. The molecule has 1 aromatic carbocycles. The highest BCUT2D eigenvalue weighted by atomic mass is 16.4. The Morgan fingerprint density at radius 2 is 1.69 bits per heavy atom. The van der Waals surface area contributed by atoms with Crippen molar-refractivity contribution in [2.45, 2.75) is 45.1 Å². The zero-order chi connectivity index (χ0) is 18.9. The summed E-state index contributed by atoms with van der Waals surface area (Å²) < 4.78 is 0.994. The number of aliphatic carboxylic acids is 1. The first-order chi connectivity index (χ1) is 12.3. The third-order valence-electron chi connectivity index (χ3n) is 6.30. The molecule has 0 spiro atoms. The van der Waals surface area contributed by atoms with Crippen molar-refractivity contribution >= 4 is 11.9 Å². The van der Waals surface area contributed by atoms with Crippen molar-refractivity contribution in [1.82, 2.24) is 4.90 Å². The lowest BCUT2D eigenvalue weighted by molar-refractivity contribution is -0.895. The molecule has 0 saturated carbocycles. The fourth-order valence-electron chi connectivity index (χ4n) is 4.77. The van der Waals surface area contributed by atoms with E-state index < -0.39 is 11.4 Å². The molecule has 1 aromatic rings. The average Bonchev–Trinajstić information content (AvgIpc) is 2.95. The number of carboxylic acids is 1. The first-order valence-corrected chi connectivity index (χ1v) is 9.68. The van der Waals surface area contributed by atoms with Crippen molar-refractivity contribution in [1.29, 1.82) is 0 Å². The molecule has 5 heteroatoms. The Kier molecular flexibility index (Phi) is 5.11. The van der Waals surface area contributed by atoms with Crippen LogP contribution in [0.15, 0.2) is 24.3 Å². The molecular formula is C21H31N2O3+. The molecule has 2 aliphatic rings. The van der Waals surface area contributed by atoms with Crippen molar-refractivity contribution in [2.24, 2.45) is 5.41 Å². The molecule has 3 rings (SSSR count). The van der Waals surface area contributed by atoms with Gasteiger partial charge in [-0.1, -0.05) is 24.3 Å². The summed E-state index contributed by atoms with van der Waals surface area (Å²) in [5.74, 6) is -0.848. The van der Waals surface area contributed by atoms with Crippen LogP contribution < -0.4 is 0 Å². The highest BCUT2D eigenvalue weighted by Gasteiger charge is 2.48. The lowest BCUT2D eigenvalue weighted by Gasteiger charge is -2.43. The Morgan fingerprint density at radius 3 is 2.15 bits per heavy atom. The Morgan fingerprint density at radius 1 is 1.15 bits per heavy atom. The van der Waals surface area contributed by atoms with Gasteiger partial charge < -0.3 is 14.5 Å². The molecule has 1 amide bonds. The second kappa shape index (κ2) is 7.03. The third-order valence-corrected chi connectivity index (χ3v) is 6.30. The van der Waals surface area contributed by atoms with E-state index >= 15 is 0 Å². The van der Waals surface area contributed by atoms with E-state index in [9.17, 15) is 14.7 Å². The minimum atomic E-state index is -0.886. The van der Waals surface area contributed by atoms with E-state index in [4.69, 9.17) is 0 Å². The number of carbonyl (C=O) groups excluding carboxylic acids is 1. The summed E-state index contributed by atoms with van der Waals surface area (Å²) in [4.78, 5) is 27.2. The van der Waals surface area contributed by atoms with Crippen molar-refractivity contribution in [3.63, 3.8) is 0 Å². The van der Waals surface area contributed by atoms with Crippen LogP contribution in [0.2, 0.25) is 0 Å². The number of carbonyl (C=O) groups is 2. The predicted molar refractivity (Wildman–Crippen MR) is 101 cm³/mol. The van der Waals surface area contributed by atoms with E-state index in [1.165, 1.54) is 0 Å². The topological polar surface area (TPSA) is 57.6 Å². The normalized spacial score (nSPS) is 21.2. The molecule has 1 saturated heterocycles. The summed E-state index contributed by atoms with van der Waals surface area (Å²) in [7, 11) is 4.46. The first kappa shape index (κ1) is 18.9. The minimum absolute atomic E-state index is 0.0378. The summed E-state index contributed by atoms with van der Waals surface area (Å²) in [6.07, 6.45) is 2.97. The molecule has 1 aliphatic heterocycles. The van der Waals surface area contributed by atoms with Gasteiger partial charge in [0.2, 0.25) is 5.91 Å². The SMILES string of the molecule is CCN(C(=O)C1(CC(=O)O)Cc2ccccc2C1)C1CC[N+](C)(C)CC1. The molecule has 1 fully saturated rings. The van der Waals surface area contributed by atoms with Gasteiger partial charge >= 0.3 is 5.97 Å². The summed E-state index contributed by atoms with van der Waals surface area (Å²) in [6, 6.07) is 8.23. The number of rotatable bonds is 5. The maximum absolute atomic E-state index is 13.6. The number of hydrogen-bond acceptors (Lipinski definition) is 2. The molecule has 0 bridgehead atoms. The molecule has 0 aromatic heterocycles. The van der Waals surface area contributed by atoms with Gasteiger partial charge in [-0.25, -0.2) is 0 Å². The molecule has 5 nitrogen and oxygen atoms in total. The highest BCUT2D eigenvalue weighted by Crippen LogP contribution is 2.42. The average molecular weight is 359 g/mol. The Bertz CT molecular complexity index is 663. The zero-order valence-electron chi connectivity index (χ0n) is 16.2. The molecule has 0 unspecified atom stereocenters. The van der Waals surface area contributed by atoms with Crippen LogP contribution in [0.25, 0.3) is 0 Å². The van der Waals surface area contributed by atoms with E-state index in [1.807, 2.05) is 36.1 Å². The number of quaternary nitrogens is 1. The lowest BCUT2D eigenvalue weighted by Crippen LogP contribution is -2.56. The van der Waals surface area contributed by atoms with Crippen molar-refractivity contribution in [3.05, 3.63) is 35.4 Å². The van der Waals surface area contributed by atoms with Crippen LogP contribution in [0.1, 0.15) is 37.3 Å². The van der Waals surface area contributed by atoms with Gasteiger partial charge in [0.1, 0.15) is 0 Å². The van der Waals surface area contributed by atoms with Gasteiger partial charge in [-0.3, -0.25) is 9.59 Å². The maximum atomic E-state index is 13.6. The fourth-order valence-corrected chi connectivity index (χ4v) is 4.77. The molecule has 1 heterocycles. The number of carboxylic acid groups (broad SMARTS) is 1. The molecule has 0 atom stereocenters. The van der Waals surface area contributed by atoms with Gasteiger partial charge in [-0.2, -0.15) is 0 Å². The van der Waals surface area contributed by atoms with Crippen LogP contribution in [-0.4, -0.2) is 66.1 Å². The molecule has 26 heavy (non-hydrogen) atoms. The van der Waals surface area contributed by atoms with E-state index in [-0.39, 0.29) is 18.4 Å². The van der Waals surface area contributed by atoms with Crippen LogP contribution in [0, 0.1) is 5.41 Å². The van der Waals surface area contributed by atoms with Gasteiger partial charge in [0.15, 0.2) is 0 Å². The van der Waals surface area contributed by atoms with Gasteiger partial charge in [-0.05, 0) is 30.9 Å². The summed E-state index contributed by atoms with van der Waals surface area (Å²) in [5.41, 5.74) is 1.42. The number of benzene rings is 1. The lowest BCUT2D eigenvalue weighted by atomic mass is 9.79. The van der Waals surface area contributed by atoms with E-state index in [0.717, 1.165) is 41.5 Å². The Balaban J connectivity index is 1.85. The Hall–Kier alpha value is -1.88. The molecular weight excluding hydrogens is 328 g/mol. The molecule has 0 radical (unpaired) electrons. The molecule has 1 N–H and O–H groups in total. The maximum Gasteiger partial charge on any atom is 0.304 e. The van der Waals surface area contributed by atoms with Gasteiger partial charge in [0.25, 0.3) is 0 Å². The third kappa shape index (κ3) is 3.63. The fraction of sp³-hybridized carbons (Fsp3) is 0.619. The van der Waals surface area contributed by atoms with E-state index in [2.05, 4.69) is 14.1 Å². The van der Waals surface area contributed by atoms with E-state index in [0.29, 0.717) is 19.4 Å². The quantitative estimate of drug-likeness (QED) is 0.821. The first-order valence-electron chi connectivity index (χ1n) is 9.68. The number of fused-ring (bicyclic) bond motifs is 1. The minimum Gasteiger partial charge on any atom is -0.481 e. The Labute approximate surface area is 156 Å². The van der Waals surface area contributed by atoms with Crippen LogP contribution in [0.4, 0.5) is 0 Å². The summed E-state index contributed by atoms with van der Waals surface area (Å²) >= 11 is 0. The van der Waals surface area contributed by atoms with Crippen LogP contribution >= 0.6 is 0 Å². The van der Waals surface area contributed by atoms with Gasteiger partial charge in [-0.15, -0.1) is 0 Å². The van der Waals surface area contributed by atoms with Crippen LogP contribution in [0.5, 0.6) is 0 Å². The van der Waals surface area contributed by atoms with Crippen molar-refractivity contribution in [2.75, 3.05) is 33.7 Å². The smallest absolute Gasteiger partial charge is 0.304 e. The predicted octanol–water partition coefficient (Wildman–Crippen LogP) is 2.33. The number of hydrogen-bond donors (Lipinski definition) is 1. The second-order valence-electron chi connectivity index (χ2n) is 8.68. The van der Waals surface area contributed by atoms with E-state index in [1.54, 1.807) is 0 Å². The standard InChI is InChI=1S/C21H30N2O3/c1-4-22(18-9-11-23(2,3)12-10-18)20(26)21(15-19(24)25)13-16-7-5-6-8-17(16)14-21/h5-8,18H,4,9-15H2,1-3H3/p+1. The largest absolute Gasteiger partial charge is 0.481 e. The number of amides is 1. The highest BCUT2D eigenvalue weighted by molar-refractivity contribution is 5.88. The van der Waals surface area contributed by atoms with Crippen LogP contribution in [0.3, 0.4) is 0 Å². The van der Waals surface area contributed by atoms with Gasteiger partial charge in [0, 0.05) is 25.4 Å². The molecule has 142 valence electrons. The number of nitrogens with zero attached hydrogens (tertiary/aromatic N) is 2. The molecule has 1 aliphatic carbocycles.